The molecule has 0 aromatic carbocycles. The molecular weight excluding hydrogens is 210 g/mol. The number of hydrogen-bond donors (Lipinski definition) is 1. The zero-order chi connectivity index (χ0) is 12.9. The predicted molar refractivity (Wildman–Crippen MR) is 75.2 cm³/mol. The van der Waals surface area contributed by atoms with Crippen molar-refractivity contribution in [2.24, 2.45) is 11.7 Å². The van der Waals surface area contributed by atoms with Crippen LogP contribution in [0.4, 0.5) is 0 Å². The number of nitrogens with zero attached hydrogens (tertiary/aromatic N) is 2. The molecule has 1 heterocycles. The summed E-state index contributed by atoms with van der Waals surface area (Å²) in [5, 5.41) is 0. The maximum Gasteiger partial charge on any atom is 0.0162 e. The van der Waals surface area contributed by atoms with Gasteiger partial charge in [-0.25, -0.2) is 0 Å². The maximum atomic E-state index is 5.68. The van der Waals surface area contributed by atoms with Crippen molar-refractivity contribution < 1.29 is 0 Å². The van der Waals surface area contributed by atoms with Gasteiger partial charge in [-0.05, 0) is 79.2 Å². The fourth-order valence-corrected chi connectivity index (χ4v) is 2.73. The van der Waals surface area contributed by atoms with E-state index in [0.717, 1.165) is 18.9 Å². The van der Waals surface area contributed by atoms with Crippen LogP contribution in [0.15, 0.2) is 0 Å². The van der Waals surface area contributed by atoms with Crippen LogP contribution in [0.5, 0.6) is 0 Å². The Morgan fingerprint density at radius 1 is 1.41 bits per heavy atom. The maximum absolute atomic E-state index is 5.68. The molecule has 1 fully saturated rings. The smallest absolute Gasteiger partial charge is 0.0162 e. The second-order valence-corrected chi connectivity index (χ2v) is 6.33. The zero-order valence-electron chi connectivity index (χ0n) is 12.2. The van der Waals surface area contributed by atoms with Gasteiger partial charge in [0.2, 0.25) is 0 Å². The molecule has 0 saturated carbocycles. The van der Waals surface area contributed by atoms with Gasteiger partial charge in [-0.15, -0.1) is 0 Å². The van der Waals surface area contributed by atoms with Crippen LogP contribution >= 0.6 is 0 Å². The normalized spacial score (nSPS) is 23.3. The summed E-state index contributed by atoms with van der Waals surface area (Å²) in [6.45, 7) is 9.14. The first-order valence-corrected chi connectivity index (χ1v) is 7.05. The van der Waals surface area contributed by atoms with E-state index in [-0.39, 0.29) is 5.54 Å². The van der Waals surface area contributed by atoms with E-state index < -0.39 is 0 Å². The Morgan fingerprint density at radius 3 is 2.71 bits per heavy atom. The minimum absolute atomic E-state index is 0.245. The van der Waals surface area contributed by atoms with Gasteiger partial charge in [0.05, 0.1) is 0 Å². The molecule has 2 N–H and O–H groups in total. The molecule has 0 amide bonds. The Morgan fingerprint density at radius 2 is 2.12 bits per heavy atom. The predicted octanol–water partition coefficient (Wildman–Crippen LogP) is 1.78. The molecule has 102 valence electrons. The average molecular weight is 241 g/mol. The summed E-state index contributed by atoms with van der Waals surface area (Å²) in [7, 11) is 4.48. The highest BCUT2D eigenvalue weighted by molar-refractivity contribution is 4.81. The van der Waals surface area contributed by atoms with Gasteiger partial charge >= 0.3 is 0 Å². The molecule has 1 saturated heterocycles. The molecule has 1 unspecified atom stereocenters. The minimum Gasteiger partial charge on any atom is -0.330 e. The van der Waals surface area contributed by atoms with Gasteiger partial charge in [-0.1, -0.05) is 0 Å². The van der Waals surface area contributed by atoms with Crippen LogP contribution in [0.25, 0.3) is 0 Å². The molecule has 1 atom stereocenters. The fourth-order valence-electron chi connectivity index (χ4n) is 2.73. The molecule has 1 rings (SSSR count). The van der Waals surface area contributed by atoms with Crippen molar-refractivity contribution in [2.45, 2.75) is 45.1 Å². The molecule has 3 nitrogen and oxygen atoms in total. The van der Waals surface area contributed by atoms with Gasteiger partial charge in [0.15, 0.2) is 0 Å². The zero-order valence-corrected chi connectivity index (χ0v) is 12.2. The summed E-state index contributed by atoms with van der Waals surface area (Å²) in [6.07, 6.45) is 5.19. The molecule has 0 aromatic rings. The monoisotopic (exact) mass is 241 g/mol. The van der Waals surface area contributed by atoms with Crippen LogP contribution in [0.1, 0.15) is 39.5 Å². The standard InChI is InChI=1S/C14H31N3/c1-14(2,8-9-15)17(4)11-7-13-6-5-10-16(3)12-13/h13H,5-12,15H2,1-4H3. The average Bonchev–Trinajstić information content (AvgIpc) is 2.26. The lowest BCUT2D eigenvalue weighted by atomic mass is 9.93. The highest BCUT2D eigenvalue weighted by Gasteiger charge is 2.24. The van der Waals surface area contributed by atoms with Crippen molar-refractivity contribution in [1.82, 2.24) is 9.80 Å². The van der Waals surface area contributed by atoms with Crippen molar-refractivity contribution >= 4 is 0 Å². The Kier molecular flexibility index (Phi) is 5.90. The van der Waals surface area contributed by atoms with E-state index in [1.165, 1.54) is 38.9 Å². The lowest BCUT2D eigenvalue weighted by Crippen LogP contribution is -2.44. The van der Waals surface area contributed by atoms with E-state index in [1.807, 2.05) is 0 Å². The van der Waals surface area contributed by atoms with Crippen molar-refractivity contribution in [2.75, 3.05) is 40.3 Å². The lowest BCUT2D eigenvalue weighted by Gasteiger charge is -2.37. The summed E-state index contributed by atoms with van der Waals surface area (Å²) in [4.78, 5) is 4.95. The van der Waals surface area contributed by atoms with Gasteiger partial charge in [0.25, 0.3) is 0 Å². The van der Waals surface area contributed by atoms with Crippen molar-refractivity contribution in [3.05, 3.63) is 0 Å². The third-order valence-corrected chi connectivity index (χ3v) is 4.38. The van der Waals surface area contributed by atoms with E-state index in [4.69, 9.17) is 5.73 Å². The topological polar surface area (TPSA) is 32.5 Å². The van der Waals surface area contributed by atoms with Crippen LogP contribution in [0.2, 0.25) is 0 Å². The van der Waals surface area contributed by atoms with Crippen molar-refractivity contribution in [3.8, 4) is 0 Å². The number of likely N-dealkylation sites (tertiary alicyclic amines) is 1. The van der Waals surface area contributed by atoms with Gasteiger partial charge < -0.3 is 15.5 Å². The number of hydrogen-bond acceptors (Lipinski definition) is 3. The number of nitrogens with two attached hydrogens (primary N) is 1. The summed E-state index contributed by atoms with van der Waals surface area (Å²) >= 11 is 0. The third-order valence-electron chi connectivity index (χ3n) is 4.38. The largest absolute Gasteiger partial charge is 0.330 e. The first kappa shape index (κ1) is 14.9. The van der Waals surface area contributed by atoms with Gasteiger partial charge in [-0.3, -0.25) is 0 Å². The van der Waals surface area contributed by atoms with E-state index in [1.54, 1.807) is 0 Å². The van der Waals surface area contributed by atoms with Crippen LogP contribution in [0, 0.1) is 5.92 Å². The van der Waals surface area contributed by atoms with Crippen LogP contribution in [-0.4, -0.2) is 55.6 Å². The molecule has 0 bridgehead atoms. The molecule has 0 aliphatic carbocycles. The molecule has 1 aliphatic rings. The second-order valence-electron chi connectivity index (χ2n) is 6.33. The first-order valence-electron chi connectivity index (χ1n) is 7.05. The molecule has 3 heteroatoms. The Hall–Kier alpha value is -0.120. The lowest BCUT2D eigenvalue weighted by molar-refractivity contribution is 0.123. The summed E-state index contributed by atoms with van der Waals surface area (Å²) in [6, 6.07) is 0. The molecule has 0 radical (unpaired) electrons. The molecular formula is C14H31N3. The Balaban J connectivity index is 2.29. The Labute approximate surface area is 107 Å². The van der Waals surface area contributed by atoms with Crippen molar-refractivity contribution in [1.29, 1.82) is 0 Å². The summed E-state index contributed by atoms with van der Waals surface area (Å²) in [5.41, 5.74) is 5.92. The van der Waals surface area contributed by atoms with Gasteiger partial charge in [0.1, 0.15) is 0 Å². The number of piperidine rings is 1. The second kappa shape index (κ2) is 6.72. The molecule has 17 heavy (non-hydrogen) atoms. The van der Waals surface area contributed by atoms with Crippen LogP contribution in [0.3, 0.4) is 0 Å². The highest BCUT2D eigenvalue weighted by Crippen LogP contribution is 2.22. The quantitative estimate of drug-likeness (QED) is 0.769. The molecule has 0 spiro atoms. The number of rotatable bonds is 6. The minimum atomic E-state index is 0.245. The Bertz CT molecular complexity index is 216. The van der Waals surface area contributed by atoms with E-state index >= 15 is 0 Å². The fraction of sp³-hybridized carbons (Fsp3) is 1.00. The van der Waals surface area contributed by atoms with Gasteiger partial charge in [-0.2, -0.15) is 0 Å². The van der Waals surface area contributed by atoms with Crippen molar-refractivity contribution in [3.63, 3.8) is 0 Å². The van der Waals surface area contributed by atoms with E-state index in [0.29, 0.717) is 0 Å². The van der Waals surface area contributed by atoms with Crippen LogP contribution in [-0.2, 0) is 0 Å². The van der Waals surface area contributed by atoms with E-state index in [9.17, 15) is 0 Å². The van der Waals surface area contributed by atoms with Crippen LogP contribution < -0.4 is 5.73 Å². The SMILES string of the molecule is CN1CCCC(CCN(C)C(C)(C)CCN)C1. The third kappa shape index (κ3) is 4.94. The summed E-state index contributed by atoms with van der Waals surface area (Å²) < 4.78 is 0. The summed E-state index contributed by atoms with van der Waals surface area (Å²) in [5.74, 6) is 0.893. The van der Waals surface area contributed by atoms with Gasteiger partial charge in [0, 0.05) is 12.1 Å². The molecule has 1 aliphatic heterocycles. The first-order chi connectivity index (χ1) is 7.95. The molecule has 0 aromatic heterocycles. The van der Waals surface area contributed by atoms with E-state index in [2.05, 4.69) is 37.7 Å². The highest BCUT2D eigenvalue weighted by atomic mass is 15.2.